The van der Waals surface area contributed by atoms with E-state index in [0.29, 0.717) is 0 Å². The third-order valence-electron chi connectivity index (χ3n) is 6.04. The Morgan fingerprint density at radius 2 is 1.43 bits per heavy atom. The van der Waals surface area contributed by atoms with E-state index in [2.05, 4.69) is 22.0 Å². The van der Waals surface area contributed by atoms with Crippen LogP contribution in [0.2, 0.25) is 0 Å². The van der Waals surface area contributed by atoms with Crippen molar-refractivity contribution in [3.8, 4) is 0 Å². The van der Waals surface area contributed by atoms with E-state index >= 15 is 0 Å². The van der Waals surface area contributed by atoms with Gasteiger partial charge in [-0.2, -0.15) is 0 Å². The minimum absolute atomic E-state index is 0.761. The minimum Gasteiger partial charge on any atom is -0.312 e. The topological polar surface area (TPSA) is 18.5 Å². The van der Waals surface area contributed by atoms with Crippen LogP contribution in [0.15, 0.2) is 0 Å². The van der Waals surface area contributed by atoms with Gasteiger partial charge in [0.05, 0.1) is 0 Å². The zero-order valence-electron chi connectivity index (χ0n) is 14.0. The highest BCUT2D eigenvalue weighted by Crippen LogP contribution is 2.27. The minimum atomic E-state index is 0.761. The highest BCUT2D eigenvalue weighted by atomic mass is 15.3. The molecule has 122 valence electrons. The molecule has 1 aliphatic heterocycles. The Morgan fingerprint density at radius 3 is 2.14 bits per heavy atom. The van der Waals surface area contributed by atoms with E-state index in [1.165, 1.54) is 90.5 Å². The average molecular weight is 293 g/mol. The first-order chi connectivity index (χ1) is 10.4. The molecule has 0 aromatic rings. The van der Waals surface area contributed by atoms with Crippen LogP contribution in [-0.4, -0.2) is 60.6 Å². The predicted octanol–water partition coefficient (Wildman–Crippen LogP) is 2.86. The van der Waals surface area contributed by atoms with Crippen molar-refractivity contribution < 1.29 is 0 Å². The van der Waals surface area contributed by atoms with Gasteiger partial charge in [-0.3, -0.25) is 9.80 Å². The van der Waals surface area contributed by atoms with Crippen LogP contribution in [0, 0.1) is 0 Å². The van der Waals surface area contributed by atoms with Crippen LogP contribution in [0.5, 0.6) is 0 Å². The molecule has 0 aromatic heterocycles. The summed E-state index contributed by atoms with van der Waals surface area (Å²) >= 11 is 0. The van der Waals surface area contributed by atoms with Crippen LogP contribution in [0.4, 0.5) is 0 Å². The molecule has 2 atom stereocenters. The summed E-state index contributed by atoms with van der Waals surface area (Å²) in [6.07, 6.45) is 12.8. The molecule has 2 unspecified atom stereocenters. The maximum atomic E-state index is 3.83. The van der Waals surface area contributed by atoms with E-state index in [1.807, 2.05) is 0 Å². The Morgan fingerprint density at radius 1 is 0.810 bits per heavy atom. The highest BCUT2D eigenvalue weighted by molar-refractivity contribution is 4.91. The van der Waals surface area contributed by atoms with E-state index in [-0.39, 0.29) is 0 Å². The molecule has 0 spiro atoms. The lowest BCUT2D eigenvalue weighted by Crippen LogP contribution is -2.58. The lowest BCUT2D eigenvalue weighted by atomic mass is 9.88. The summed E-state index contributed by atoms with van der Waals surface area (Å²) in [7, 11) is 0. The molecule has 0 amide bonds. The molecular weight excluding hydrogens is 258 g/mol. The number of nitrogens with zero attached hydrogens (tertiary/aromatic N) is 2. The average Bonchev–Trinajstić information content (AvgIpc) is 3.08. The number of piperazine rings is 1. The first-order valence-corrected chi connectivity index (χ1v) is 9.60. The van der Waals surface area contributed by atoms with Crippen LogP contribution in [0.1, 0.15) is 64.7 Å². The first kappa shape index (κ1) is 15.8. The van der Waals surface area contributed by atoms with E-state index in [1.54, 1.807) is 0 Å². The van der Waals surface area contributed by atoms with Crippen molar-refractivity contribution in [2.24, 2.45) is 0 Å². The lowest BCUT2D eigenvalue weighted by Gasteiger charge is -2.45. The quantitative estimate of drug-likeness (QED) is 0.841. The van der Waals surface area contributed by atoms with Crippen molar-refractivity contribution in [3.05, 3.63) is 0 Å². The Hall–Kier alpha value is -0.120. The summed E-state index contributed by atoms with van der Waals surface area (Å²) in [4.78, 5) is 5.61. The van der Waals surface area contributed by atoms with Gasteiger partial charge in [0.1, 0.15) is 0 Å². The zero-order chi connectivity index (χ0) is 14.5. The van der Waals surface area contributed by atoms with Gasteiger partial charge < -0.3 is 5.32 Å². The summed E-state index contributed by atoms with van der Waals surface area (Å²) in [6, 6.07) is 2.50. The van der Waals surface area contributed by atoms with Crippen molar-refractivity contribution in [2.45, 2.75) is 82.8 Å². The number of nitrogens with one attached hydrogen (secondary N) is 1. The molecule has 1 saturated heterocycles. The standard InChI is InChI=1S/C18H35N3/c1-2-11-19-17-9-5-6-10-18(17)21-14-12-20(13-15-21)16-7-3-4-8-16/h16-19H,2-15H2,1H3. The van der Waals surface area contributed by atoms with E-state index in [9.17, 15) is 0 Å². The van der Waals surface area contributed by atoms with Crippen molar-refractivity contribution in [2.75, 3.05) is 32.7 Å². The molecule has 2 saturated carbocycles. The highest BCUT2D eigenvalue weighted by Gasteiger charge is 2.33. The Balaban J connectivity index is 1.49. The molecule has 0 radical (unpaired) electrons. The fourth-order valence-electron chi connectivity index (χ4n) is 4.82. The van der Waals surface area contributed by atoms with Gasteiger partial charge in [0.25, 0.3) is 0 Å². The smallest absolute Gasteiger partial charge is 0.0250 e. The van der Waals surface area contributed by atoms with Crippen molar-refractivity contribution >= 4 is 0 Å². The summed E-state index contributed by atoms with van der Waals surface area (Å²) in [5.41, 5.74) is 0. The van der Waals surface area contributed by atoms with Gasteiger partial charge in [0.15, 0.2) is 0 Å². The van der Waals surface area contributed by atoms with E-state index in [4.69, 9.17) is 0 Å². The van der Waals surface area contributed by atoms with Crippen LogP contribution in [0.3, 0.4) is 0 Å². The maximum absolute atomic E-state index is 3.83. The second-order valence-electron chi connectivity index (χ2n) is 7.42. The van der Waals surface area contributed by atoms with Crippen molar-refractivity contribution in [1.29, 1.82) is 0 Å². The first-order valence-electron chi connectivity index (χ1n) is 9.60. The van der Waals surface area contributed by atoms with Crippen molar-refractivity contribution in [3.63, 3.8) is 0 Å². The second-order valence-corrected chi connectivity index (χ2v) is 7.42. The molecule has 3 rings (SSSR count). The number of hydrogen-bond acceptors (Lipinski definition) is 3. The third kappa shape index (κ3) is 4.00. The Labute approximate surface area is 131 Å². The number of rotatable bonds is 5. The van der Waals surface area contributed by atoms with Crippen LogP contribution in [0.25, 0.3) is 0 Å². The lowest BCUT2D eigenvalue weighted by molar-refractivity contribution is 0.0443. The molecule has 3 heteroatoms. The molecular formula is C18H35N3. The van der Waals surface area contributed by atoms with E-state index in [0.717, 1.165) is 18.1 Å². The Kier molecular flexibility index (Phi) is 5.96. The Bertz CT molecular complexity index is 293. The normalized spacial score (nSPS) is 33.6. The SMILES string of the molecule is CCCNC1CCCCC1N1CCN(C2CCCC2)CC1. The molecule has 0 bridgehead atoms. The largest absolute Gasteiger partial charge is 0.312 e. The van der Waals surface area contributed by atoms with Gasteiger partial charge in [0, 0.05) is 44.3 Å². The summed E-state index contributed by atoms with van der Waals surface area (Å²) < 4.78 is 0. The van der Waals surface area contributed by atoms with Gasteiger partial charge in [-0.1, -0.05) is 32.6 Å². The number of hydrogen-bond donors (Lipinski definition) is 1. The third-order valence-corrected chi connectivity index (χ3v) is 6.04. The van der Waals surface area contributed by atoms with Crippen LogP contribution < -0.4 is 5.32 Å². The molecule has 0 aromatic carbocycles. The van der Waals surface area contributed by atoms with Gasteiger partial charge in [-0.05, 0) is 38.6 Å². The van der Waals surface area contributed by atoms with Crippen LogP contribution >= 0.6 is 0 Å². The molecule has 3 fully saturated rings. The maximum Gasteiger partial charge on any atom is 0.0250 e. The zero-order valence-corrected chi connectivity index (χ0v) is 14.0. The molecule has 1 N–H and O–H groups in total. The van der Waals surface area contributed by atoms with Crippen LogP contribution in [-0.2, 0) is 0 Å². The fraction of sp³-hybridized carbons (Fsp3) is 1.00. The molecule has 21 heavy (non-hydrogen) atoms. The summed E-state index contributed by atoms with van der Waals surface area (Å²) in [6.45, 7) is 8.74. The fourth-order valence-corrected chi connectivity index (χ4v) is 4.82. The van der Waals surface area contributed by atoms with Gasteiger partial charge in [-0.25, -0.2) is 0 Å². The predicted molar refractivity (Wildman–Crippen MR) is 89.7 cm³/mol. The second kappa shape index (κ2) is 7.94. The van der Waals surface area contributed by atoms with Crippen molar-refractivity contribution in [1.82, 2.24) is 15.1 Å². The summed E-state index contributed by atoms with van der Waals surface area (Å²) in [5.74, 6) is 0. The van der Waals surface area contributed by atoms with E-state index < -0.39 is 0 Å². The van der Waals surface area contributed by atoms with Gasteiger partial charge in [0.2, 0.25) is 0 Å². The molecule has 1 heterocycles. The monoisotopic (exact) mass is 293 g/mol. The van der Waals surface area contributed by atoms with Gasteiger partial charge >= 0.3 is 0 Å². The molecule has 3 nitrogen and oxygen atoms in total. The molecule has 3 aliphatic rings. The van der Waals surface area contributed by atoms with Gasteiger partial charge in [-0.15, -0.1) is 0 Å². The summed E-state index contributed by atoms with van der Waals surface area (Å²) in [5, 5.41) is 3.83. The molecule has 2 aliphatic carbocycles.